The second-order valence-corrected chi connectivity index (χ2v) is 16.8. The van der Waals surface area contributed by atoms with E-state index in [4.69, 9.17) is 28.5 Å². The lowest BCUT2D eigenvalue weighted by Crippen LogP contribution is -2.30. The van der Waals surface area contributed by atoms with Crippen LogP contribution in [0.3, 0.4) is 0 Å². The van der Waals surface area contributed by atoms with Crippen LogP contribution in [0.4, 0.5) is 0 Å². The SMILES string of the molecule is CCCCC/C=C\C/C=C\C/C=C\CC1OC1CCCC(=O)OC[C@H](COP(=O)(O)OC[C@@H](O)COP(=O)(O)O)OC(=O)CCCCCCCCC(C)C. The van der Waals surface area contributed by atoms with Crippen LogP contribution in [-0.2, 0) is 46.5 Å². The van der Waals surface area contributed by atoms with Gasteiger partial charge in [-0.05, 0) is 57.3 Å². The standard InChI is InChI=1S/C38H68O14P2/c1-4-5-6-7-8-9-10-11-12-13-17-20-24-35-36(52-35)25-22-27-37(40)47-30-34(51-38(41)26-21-18-15-14-16-19-23-32(2)3)31-50-54(45,46)49-29-33(39)28-48-53(42,43)44/h8-9,11-12,17,20,32-36,39H,4-7,10,13-16,18-19,21-31H2,1-3H3,(H,45,46)(H2,42,43,44)/b9-8-,12-11-,20-17-/t33-,34+,35?,36?/m0/s1. The van der Waals surface area contributed by atoms with Crippen molar-refractivity contribution < 1.29 is 66.3 Å². The fourth-order valence-electron chi connectivity index (χ4n) is 5.26. The molecule has 1 aliphatic heterocycles. The lowest BCUT2D eigenvalue weighted by atomic mass is 10.0. The molecule has 0 bridgehead atoms. The summed E-state index contributed by atoms with van der Waals surface area (Å²) in [4.78, 5) is 52.5. The van der Waals surface area contributed by atoms with Gasteiger partial charge in [-0.3, -0.25) is 23.2 Å². The van der Waals surface area contributed by atoms with Gasteiger partial charge in [0.05, 0.1) is 32.0 Å². The molecule has 16 heteroatoms. The molecule has 3 unspecified atom stereocenters. The van der Waals surface area contributed by atoms with E-state index in [0.717, 1.165) is 51.4 Å². The van der Waals surface area contributed by atoms with Crippen molar-refractivity contribution in [3.8, 4) is 0 Å². The van der Waals surface area contributed by atoms with Gasteiger partial charge in [0.2, 0.25) is 0 Å². The average molecular weight is 811 g/mol. The molecule has 1 heterocycles. The highest BCUT2D eigenvalue weighted by molar-refractivity contribution is 7.47. The van der Waals surface area contributed by atoms with Gasteiger partial charge in [0.25, 0.3) is 0 Å². The number of aliphatic hydroxyl groups is 1. The largest absolute Gasteiger partial charge is 0.472 e. The van der Waals surface area contributed by atoms with Crippen LogP contribution in [0.25, 0.3) is 0 Å². The van der Waals surface area contributed by atoms with E-state index < -0.39 is 66.2 Å². The summed E-state index contributed by atoms with van der Waals surface area (Å²) in [7, 11) is -9.68. The summed E-state index contributed by atoms with van der Waals surface area (Å²) in [6.45, 7) is 3.82. The Kier molecular flexibility index (Phi) is 28.4. The summed E-state index contributed by atoms with van der Waals surface area (Å²) in [6, 6.07) is 0. The van der Waals surface area contributed by atoms with E-state index in [1.54, 1.807) is 0 Å². The molecule has 314 valence electrons. The van der Waals surface area contributed by atoms with Gasteiger partial charge < -0.3 is 34.0 Å². The van der Waals surface area contributed by atoms with Crippen LogP contribution in [0, 0.1) is 5.92 Å². The van der Waals surface area contributed by atoms with E-state index in [0.29, 0.717) is 25.2 Å². The van der Waals surface area contributed by atoms with Gasteiger partial charge >= 0.3 is 27.6 Å². The number of esters is 2. The second-order valence-electron chi connectivity index (χ2n) is 14.1. The Morgan fingerprint density at radius 3 is 2.00 bits per heavy atom. The molecule has 1 aliphatic rings. The quantitative estimate of drug-likeness (QED) is 0.0157. The van der Waals surface area contributed by atoms with Gasteiger partial charge in [-0.1, -0.05) is 109 Å². The summed E-state index contributed by atoms with van der Waals surface area (Å²) in [6.07, 6.45) is 26.4. The molecule has 1 rings (SSSR count). The summed E-state index contributed by atoms with van der Waals surface area (Å²) in [5.74, 6) is -0.433. The van der Waals surface area contributed by atoms with Crippen LogP contribution in [0.1, 0.15) is 136 Å². The number of allylic oxidation sites excluding steroid dienone is 5. The topological polar surface area (TPSA) is 208 Å². The molecule has 14 nitrogen and oxygen atoms in total. The van der Waals surface area contributed by atoms with E-state index in [-0.39, 0.29) is 25.0 Å². The average Bonchev–Trinajstić information content (AvgIpc) is 3.86. The highest BCUT2D eigenvalue weighted by Gasteiger charge is 2.36. The number of phosphoric acid groups is 2. The van der Waals surface area contributed by atoms with Crippen molar-refractivity contribution in [2.75, 3.05) is 26.4 Å². The number of ether oxygens (including phenoxy) is 3. The monoisotopic (exact) mass is 810 g/mol. The van der Waals surface area contributed by atoms with Crippen LogP contribution in [-0.4, -0.2) is 82.6 Å². The Morgan fingerprint density at radius 2 is 1.31 bits per heavy atom. The Balaban J connectivity index is 2.43. The summed E-state index contributed by atoms with van der Waals surface area (Å²) in [5, 5.41) is 9.71. The number of hydrogen-bond donors (Lipinski definition) is 4. The lowest BCUT2D eigenvalue weighted by Gasteiger charge is -2.20. The zero-order valence-corrected chi connectivity index (χ0v) is 34.5. The summed E-state index contributed by atoms with van der Waals surface area (Å²) in [5.41, 5.74) is 0. The molecule has 4 N–H and O–H groups in total. The summed E-state index contributed by atoms with van der Waals surface area (Å²) < 4.78 is 53.3. The Bertz CT molecular complexity index is 1180. The fourth-order valence-corrected chi connectivity index (χ4v) is 6.42. The fraction of sp³-hybridized carbons (Fsp3) is 0.789. The van der Waals surface area contributed by atoms with E-state index in [2.05, 4.69) is 66.3 Å². The molecule has 0 aliphatic carbocycles. The molecule has 0 aromatic carbocycles. The van der Waals surface area contributed by atoms with E-state index >= 15 is 0 Å². The summed E-state index contributed by atoms with van der Waals surface area (Å²) >= 11 is 0. The third-order valence-electron chi connectivity index (χ3n) is 8.37. The van der Waals surface area contributed by atoms with Crippen LogP contribution < -0.4 is 0 Å². The Labute approximate surface area is 322 Å². The molecule has 0 radical (unpaired) electrons. The Morgan fingerprint density at radius 1 is 0.704 bits per heavy atom. The van der Waals surface area contributed by atoms with Crippen molar-refractivity contribution in [3.63, 3.8) is 0 Å². The number of carbonyl (C=O) groups is 2. The first-order valence-corrected chi connectivity index (χ1v) is 22.7. The van der Waals surface area contributed by atoms with Crippen molar-refractivity contribution in [2.45, 2.75) is 161 Å². The number of hydrogen-bond acceptors (Lipinski definition) is 11. The van der Waals surface area contributed by atoms with Crippen molar-refractivity contribution in [1.29, 1.82) is 0 Å². The Hall–Kier alpha value is -1.70. The molecule has 0 aromatic rings. The first-order chi connectivity index (χ1) is 25.7. The maximum absolute atomic E-state index is 12.6. The van der Waals surface area contributed by atoms with E-state index in [1.165, 1.54) is 32.1 Å². The van der Waals surface area contributed by atoms with Crippen molar-refractivity contribution >= 4 is 27.6 Å². The highest BCUT2D eigenvalue weighted by atomic mass is 31.2. The van der Waals surface area contributed by atoms with Gasteiger partial charge in [0.1, 0.15) is 12.7 Å². The number of epoxide rings is 1. The first kappa shape index (κ1) is 50.3. The molecule has 1 saturated heterocycles. The zero-order chi connectivity index (χ0) is 40.1. The first-order valence-electron chi connectivity index (χ1n) is 19.7. The minimum absolute atomic E-state index is 0.0820. The third-order valence-corrected chi connectivity index (χ3v) is 9.81. The van der Waals surface area contributed by atoms with Gasteiger partial charge in [-0.15, -0.1) is 0 Å². The van der Waals surface area contributed by atoms with Gasteiger partial charge in [0.15, 0.2) is 6.10 Å². The maximum Gasteiger partial charge on any atom is 0.472 e. The van der Waals surface area contributed by atoms with Gasteiger partial charge in [-0.2, -0.15) is 0 Å². The normalized spacial score (nSPS) is 18.4. The minimum Gasteiger partial charge on any atom is -0.462 e. The van der Waals surface area contributed by atoms with E-state index in [1.807, 2.05) is 0 Å². The molecular formula is C38H68O14P2. The predicted molar refractivity (Wildman–Crippen MR) is 206 cm³/mol. The van der Waals surface area contributed by atoms with Crippen LogP contribution in [0.15, 0.2) is 36.5 Å². The molecule has 0 saturated carbocycles. The van der Waals surface area contributed by atoms with Gasteiger partial charge in [-0.25, -0.2) is 9.13 Å². The van der Waals surface area contributed by atoms with Crippen LogP contribution in [0.2, 0.25) is 0 Å². The molecule has 0 spiro atoms. The van der Waals surface area contributed by atoms with Crippen molar-refractivity contribution in [2.24, 2.45) is 5.92 Å². The van der Waals surface area contributed by atoms with Gasteiger partial charge in [0, 0.05) is 12.8 Å². The number of aliphatic hydroxyl groups excluding tert-OH is 1. The number of rotatable bonds is 35. The number of unbranched alkanes of at least 4 members (excludes halogenated alkanes) is 8. The second kappa shape index (κ2) is 30.4. The number of phosphoric ester groups is 2. The smallest absolute Gasteiger partial charge is 0.462 e. The molecule has 1 fully saturated rings. The van der Waals surface area contributed by atoms with Crippen molar-refractivity contribution in [1.82, 2.24) is 0 Å². The molecule has 0 amide bonds. The van der Waals surface area contributed by atoms with E-state index in [9.17, 15) is 28.7 Å². The van der Waals surface area contributed by atoms with Crippen LogP contribution >= 0.6 is 15.6 Å². The lowest BCUT2D eigenvalue weighted by molar-refractivity contribution is -0.161. The zero-order valence-electron chi connectivity index (χ0n) is 32.7. The van der Waals surface area contributed by atoms with Crippen LogP contribution in [0.5, 0.6) is 0 Å². The highest BCUT2D eigenvalue weighted by Crippen LogP contribution is 2.44. The molecular weight excluding hydrogens is 742 g/mol. The number of carbonyl (C=O) groups excluding carboxylic acids is 2. The molecule has 5 atom stereocenters. The predicted octanol–water partition coefficient (Wildman–Crippen LogP) is 8.18. The third kappa shape index (κ3) is 31.5. The van der Waals surface area contributed by atoms with Crippen molar-refractivity contribution in [3.05, 3.63) is 36.5 Å². The maximum atomic E-state index is 12.6. The molecule has 0 aromatic heterocycles. The minimum atomic E-state index is -4.87. The molecule has 54 heavy (non-hydrogen) atoms.